The summed E-state index contributed by atoms with van der Waals surface area (Å²) in [5.41, 5.74) is 4.18. The molecule has 4 N–H and O–H groups in total. The minimum absolute atomic E-state index is 0.358. The average Bonchev–Trinajstić information content (AvgIpc) is 1.80. The number of aliphatic hydroxyl groups is 1. The first-order chi connectivity index (χ1) is 4.83. The van der Waals surface area contributed by atoms with E-state index in [0.717, 1.165) is 0 Å². The van der Waals surface area contributed by atoms with Gasteiger partial charge in [-0.1, -0.05) is 0 Å². The van der Waals surface area contributed by atoms with Gasteiger partial charge in [0.25, 0.3) is 0 Å². The van der Waals surface area contributed by atoms with Gasteiger partial charge in [0, 0.05) is 6.54 Å². The van der Waals surface area contributed by atoms with E-state index in [1.165, 1.54) is 0 Å². The van der Waals surface area contributed by atoms with Gasteiger partial charge in [0.15, 0.2) is 0 Å². The van der Waals surface area contributed by atoms with E-state index in [-0.39, 0.29) is 6.04 Å². The Balaban J connectivity index is 3.63. The molecule has 0 aliphatic rings. The van der Waals surface area contributed by atoms with E-state index in [0.29, 0.717) is 6.54 Å². The minimum atomic E-state index is -0.802. The summed E-state index contributed by atoms with van der Waals surface area (Å²) >= 11 is 0. The first kappa shape index (κ1) is 10.4. The van der Waals surface area contributed by atoms with Crippen molar-refractivity contribution in [3.8, 4) is 0 Å². The van der Waals surface area contributed by atoms with Crippen molar-refractivity contribution in [3.05, 3.63) is 0 Å². The highest BCUT2D eigenvalue weighted by Crippen LogP contribution is 1.97. The number of carbonyl (C=O) groups is 1. The van der Waals surface area contributed by atoms with E-state index in [9.17, 15) is 9.90 Å². The topological polar surface area (TPSA) is 75.3 Å². The van der Waals surface area contributed by atoms with Crippen molar-refractivity contribution in [2.45, 2.75) is 32.4 Å². The van der Waals surface area contributed by atoms with E-state index in [2.05, 4.69) is 5.32 Å². The summed E-state index contributed by atoms with van der Waals surface area (Å²) in [5.74, 6) is -0.408. The van der Waals surface area contributed by atoms with Gasteiger partial charge in [-0.15, -0.1) is 0 Å². The molecule has 0 saturated heterocycles. The van der Waals surface area contributed by atoms with Crippen molar-refractivity contribution >= 4 is 5.91 Å². The van der Waals surface area contributed by atoms with Crippen LogP contribution in [0, 0.1) is 0 Å². The molecule has 4 nitrogen and oxygen atoms in total. The SMILES string of the molecule is CC(NCC(C)(C)O)C(N)=O. The van der Waals surface area contributed by atoms with Crippen molar-refractivity contribution in [2.75, 3.05) is 6.54 Å². The smallest absolute Gasteiger partial charge is 0.234 e. The maximum Gasteiger partial charge on any atom is 0.234 e. The molecule has 0 saturated carbocycles. The number of carbonyl (C=O) groups excluding carboxylic acids is 1. The molecule has 1 unspecified atom stereocenters. The lowest BCUT2D eigenvalue weighted by atomic mass is 10.1. The Morgan fingerprint density at radius 1 is 1.73 bits per heavy atom. The Labute approximate surface area is 66.8 Å². The second-order valence-corrected chi connectivity index (χ2v) is 3.32. The van der Waals surface area contributed by atoms with E-state index in [1.54, 1.807) is 20.8 Å². The van der Waals surface area contributed by atoms with Crippen LogP contribution in [-0.2, 0) is 4.79 Å². The molecule has 0 heterocycles. The Morgan fingerprint density at radius 2 is 2.18 bits per heavy atom. The van der Waals surface area contributed by atoms with Crippen molar-refractivity contribution in [1.29, 1.82) is 0 Å². The molecule has 0 aromatic heterocycles. The molecular formula is C7H16N2O2. The largest absolute Gasteiger partial charge is 0.389 e. The zero-order valence-corrected chi connectivity index (χ0v) is 7.22. The Morgan fingerprint density at radius 3 is 2.45 bits per heavy atom. The van der Waals surface area contributed by atoms with Gasteiger partial charge in [-0.3, -0.25) is 4.79 Å². The van der Waals surface area contributed by atoms with Gasteiger partial charge < -0.3 is 16.2 Å². The summed E-state index contributed by atoms with van der Waals surface area (Å²) in [5, 5.41) is 12.0. The number of nitrogens with two attached hydrogens (primary N) is 1. The summed E-state index contributed by atoms with van der Waals surface area (Å²) < 4.78 is 0. The third kappa shape index (κ3) is 5.82. The Bertz CT molecular complexity index is 140. The van der Waals surface area contributed by atoms with Crippen LogP contribution >= 0.6 is 0 Å². The van der Waals surface area contributed by atoms with Gasteiger partial charge >= 0.3 is 0 Å². The predicted octanol–water partition coefficient (Wildman–Crippen LogP) is -0.779. The van der Waals surface area contributed by atoms with E-state index in [1.807, 2.05) is 0 Å². The van der Waals surface area contributed by atoms with Crippen LogP contribution in [0.3, 0.4) is 0 Å². The van der Waals surface area contributed by atoms with Gasteiger partial charge in [0.05, 0.1) is 11.6 Å². The molecule has 0 aliphatic heterocycles. The summed E-state index contributed by atoms with van der Waals surface area (Å²) in [6.45, 7) is 5.34. The molecular weight excluding hydrogens is 144 g/mol. The molecule has 0 aromatic carbocycles. The minimum Gasteiger partial charge on any atom is -0.389 e. The second kappa shape index (κ2) is 3.69. The van der Waals surface area contributed by atoms with Crippen LogP contribution in [0.4, 0.5) is 0 Å². The average molecular weight is 160 g/mol. The summed E-state index contributed by atoms with van der Waals surface area (Å²) in [6.07, 6.45) is 0. The molecule has 66 valence electrons. The van der Waals surface area contributed by atoms with E-state index in [4.69, 9.17) is 5.73 Å². The summed E-state index contributed by atoms with van der Waals surface area (Å²) in [7, 11) is 0. The first-order valence-corrected chi connectivity index (χ1v) is 3.58. The molecule has 0 bridgehead atoms. The van der Waals surface area contributed by atoms with Crippen LogP contribution in [0.1, 0.15) is 20.8 Å². The number of nitrogens with one attached hydrogen (secondary N) is 1. The molecule has 0 aliphatic carbocycles. The highest BCUT2D eigenvalue weighted by molar-refractivity contribution is 5.79. The van der Waals surface area contributed by atoms with Gasteiger partial charge in [-0.05, 0) is 20.8 Å². The van der Waals surface area contributed by atoms with Gasteiger partial charge in [0.1, 0.15) is 0 Å². The molecule has 4 heteroatoms. The Kier molecular flexibility index (Phi) is 3.48. The lowest BCUT2D eigenvalue weighted by Gasteiger charge is -2.19. The fourth-order valence-corrected chi connectivity index (χ4v) is 0.503. The van der Waals surface area contributed by atoms with Crippen LogP contribution in [0.5, 0.6) is 0 Å². The third-order valence-corrected chi connectivity index (χ3v) is 1.27. The van der Waals surface area contributed by atoms with Gasteiger partial charge in [-0.2, -0.15) is 0 Å². The van der Waals surface area contributed by atoms with Crippen LogP contribution in [0.15, 0.2) is 0 Å². The number of hydrogen-bond donors (Lipinski definition) is 3. The van der Waals surface area contributed by atoms with E-state index < -0.39 is 11.5 Å². The number of hydrogen-bond acceptors (Lipinski definition) is 3. The molecule has 0 spiro atoms. The molecule has 0 rings (SSSR count). The molecule has 1 atom stereocenters. The maximum absolute atomic E-state index is 10.5. The lowest BCUT2D eigenvalue weighted by molar-refractivity contribution is -0.119. The number of rotatable bonds is 4. The fraction of sp³-hybridized carbons (Fsp3) is 0.857. The van der Waals surface area contributed by atoms with Crippen molar-refractivity contribution in [2.24, 2.45) is 5.73 Å². The lowest BCUT2D eigenvalue weighted by Crippen LogP contribution is -2.45. The molecule has 0 fully saturated rings. The molecule has 11 heavy (non-hydrogen) atoms. The molecule has 1 amide bonds. The normalized spacial score (nSPS) is 14.5. The van der Waals surface area contributed by atoms with Gasteiger partial charge in [-0.25, -0.2) is 0 Å². The van der Waals surface area contributed by atoms with Gasteiger partial charge in [0.2, 0.25) is 5.91 Å². The standard InChI is InChI=1S/C7H16N2O2/c1-5(6(8)10)9-4-7(2,3)11/h5,9,11H,4H2,1-3H3,(H2,8,10). The molecule has 0 aromatic rings. The highest BCUT2D eigenvalue weighted by atomic mass is 16.3. The molecule has 0 radical (unpaired) electrons. The number of primary amides is 1. The monoisotopic (exact) mass is 160 g/mol. The van der Waals surface area contributed by atoms with Crippen LogP contribution < -0.4 is 11.1 Å². The quantitative estimate of drug-likeness (QED) is 0.505. The predicted molar refractivity (Wildman–Crippen MR) is 43.0 cm³/mol. The first-order valence-electron chi connectivity index (χ1n) is 3.58. The van der Waals surface area contributed by atoms with Crippen molar-refractivity contribution in [1.82, 2.24) is 5.32 Å². The van der Waals surface area contributed by atoms with Crippen molar-refractivity contribution < 1.29 is 9.90 Å². The summed E-state index contributed by atoms with van der Waals surface area (Å²) in [6, 6.07) is -0.388. The Hall–Kier alpha value is -0.610. The highest BCUT2D eigenvalue weighted by Gasteiger charge is 2.15. The van der Waals surface area contributed by atoms with Crippen molar-refractivity contribution in [3.63, 3.8) is 0 Å². The van der Waals surface area contributed by atoms with Crippen LogP contribution in [0.25, 0.3) is 0 Å². The van der Waals surface area contributed by atoms with E-state index >= 15 is 0 Å². The zero-order chi connectivity index (χ0) is 9.07. The van der Waals surface area contributed by atoms with Crippen LogP contribution in [-0.4, -0.2) is 29.2 Å². The number of amides is 1. The fourth-order valence-electron chi connectivity index (χ4n) is 0.503. The van der Waals surface area contributed by atoms with Crippen LogP contribution in [0.2, 0.25) is 0 Å². The second-order valence-electron chi connectivity index (χ2n) is 3.32. The third-order valence-electron chi connectivity index (χ3n) is 1.27. The summed E-state index contributed by atoms with van der Waals surface area (Å²) in [4.78, 5) is 10.5. The zero-order valence-electron chi connectivity index (χ0n) is 7.22. The maximum atomic E-state index is 10.5.